The van der Waals surface area contributed by atoms with Crippen LogP contribution in [0.1, 0.15) is 296 Å². The summed E-state index contributed by atoms with van der Waals surface area (Å²) in [6, 6.07) is -1.18. The molecule has 8 N–H and O–H groups in total. The van der Waals surface area contributed by atoms with E-state index in [9.17, 15) is 40.5 Å². The molecule has 9 unspecified atom stereocenters. The Kier molecular flexibility index (Phi) is 47.5. The molecule has 1 rings (SSSR count). The van der Waals surface area contributed by atoms with Crippen molar-refractivity contribution in [3.8, 4) is 0 Å². The van der Waals surface area contributed by atoms with Crippen molar-refractivity contribution in [2.24, 2.45) is 0 Å². The molecule has 0 spiro atoms. The zero-order chi connectivity index (χ0) is 51.8. The first-order valence-electron chi connectivity index (χ1n) is 30.6. The van der Waals surface area contributed by atoms with Gasteiger partial charge in [-0.1, -0.05) is 276 Å². The van der Waals surface area contributed by atoms with Crippen LogP contribution in [0, 0.1) is 0 Å². The minimum absolute atomic E-state index is 0.256. The summed E-state index contributed by atoms with van der Waals surface area (Å²) in [6.07, 6.45) is 48.2. The second-order valence-electron chi connectivity index (χ2n) is 21.8. The molecule has 9 atom stereocenters. The predicted octanol–water partition coefficient (Wildman–Crippen LogP) is 13.1. The van der Waals surface area contributed by atoms with Gasteiger partial charge in [-0.25, -0.2) is 0 Å². The molecular formula is C60H117NO10. The second kappa shape index (κ2) is 49.7. The van der Waals surface area contributed by atoms with E-state index in [1.807, 2.05) is 6.08 Å². The first kappa shape index (κ1) is 67.9. The average molecular weight is 1010 g/mol. The molecule has 1 aliphatic heterocycles. The van der Waals surface area contributed by atoms with Crippen LogP contribution in [0.3, 0.4) is 0 Å². The Balaban J connectivity index is 2.00. The van der Waals surface area contributed by atoms with Gasteiger partial charge in [0.05, 0.1) is 25.4 Å². The fraction of sp³-hybridized carbons (Fsp3) is 0.950. The Morgan fingerprint density at radius 3 is 1.21 bits per heavy atom. The van der Waals surface area contributed by atoms with Crippen LogP contribution in [-0.2, 0) is 14.3 Å². The van der Waals surface area contributed by atoms with Gasteiger partial charge < -0.3 is 50.5 Å². The largest absolute Gasteiger partial charge is 0.394 e. The number of unbranched alkanes of at least 4 members (excludes halogenated alkanes) is 39. The van der Waals surface area contributed by atoms with Gasteiger partial charge in [0, 0.05) is 0 Å². The summed E-state index contributed by atoms with van der Waals surface area (Å²) >= 11 is 0. The Morgan fingerprint density at radius 2 is 0.845 bits per heavy atom. The number of carbonyl (C=O) groups excluding carboxylic acids is 1. The maximum Gasteiger partial charge on any atom is 0.249 e. The molecule has 1 amide bonds. The number of hydrogen-bond acceptors (Lipinski definition) is 10. The average Bonchev–Trinajstić information content (AvgIpc) is 3.37. The van der Waals surface area contributed by atoms with Crippen LogP contribution < -0.4 is 5.32 Å². The topological polar surface area (TPSA) is 189 Å². The molecule has 0 aromatic carbocycles. The molecule has 0 aromatic heterocycles. The molecule has 71 heavy (non-hydrogen) atoms. The highest BCUT2D eigenvalue weighted by atomic mass is 16.7. The SMILES string of the molecule is CCC/C=C/CCCC(O)C(O)C(COC1OC(CO)C(O)C(O)C1O)NC(=O)C(O)CCCCCCCCCCCCCCCCCCCCCCCCCCCCCCCCCCCCCCCC. The van der Waals surface area contributed by atoms with Crippen LogP contribution in [0.4, 0.5) is 0 Å². The maximum absolute atomic E-state index is 13.1. The number of rotatable bonds is 53. The summed E-state index contributed by atoms with van der Waals surface area (Å²) in [7, 11) is 0. The van der Waals surface area contributed by atoms with E-state index in [-0.39, 0.29) is 12.8 Å². The Hall–Kier alpha value is -1.15. The molecule has 11 nitrogen and oxygen atoms in total. The third-order valence-corrected chi connectivity index (χ3v) is 15.0. The van der Waals surface area contributed by atoms with Gasteiger partial charge in [-0.2, -0.15) is 0 Å². The molecule has 11 heteroatoms. The minimum atomic E-state index is -1.66. The molecule has 1 saturated heterocycles. The Bertz CT molecular complexity index is 1160. The monoisotopic (exact) mass is 1010 g/mol. The molecule has 1 heterocycles. The zero-order valence-electron chi connectivity index (χ0n) is 46.2. The summed E-state index contributed by atoms with van der Waals surface area (Å²) in [4.78, 5) is 13.1. The number of ether oxygens (including phenoxy) is 2. The van der Waals surface area contributed by atoms with Crippen molar-refractivity contribution < 1.29 is 50.0 Å². The van der Waals surface area contributed by atoms with Crippen molar-refractivity contribution in [3.63, 3.8) is 0 Å². The van der Waals surface area contributed by atoms with Gasteiger partial charge in [0.1, 0.15) is 36.6 Å². The quantitative estimate of drug-likeness (QED) is 0.0215. The lowest BCUT2D eigenvalue weighted by Gasteiger charge is -2.40. The number of carbonyl (C=O) groups is 1. The summed E-state index contributed by atoms with van der Waals surface area (Å²) in [5.74, 6) is -0.706. The molecule has 0 aliphatic carbocycles. The van der Waals surface area contributed by atoms with Gasteiger partial charge in [-0.3, -0.25) is 4.79 Å². The van der Waals surface area contributed by atoms with Gasteiger partial charge >= 0.3 is 0 Å². The maximum atomic E-state index is 13.1. The third-order valence-electron chi connectivity index (χ3n) is 15.0. The second-order valence-corrected chi connectivity index (χ2v) is 21.8. The summed E-state index contributed by atoms with van der Waals surface area (Å²) in [6.45, 7) is 3.32. The molecule has 0 bridgehead atoms. The zero-order valence-corrected chi connectivity index (χ0v) is 46.2. The Labute approximate surface area is 436 Å². The van der Waals surface area contributed by atoms with Crippen molar-refractivity contribution in [2.75, 3.05) is 13.2 Å². The van der Waals surface area contributed by atoms with Gasteiger partial charge in [0.25, 0.3) is 0 Å². The summed E-state index contributed by atoms with van der Waals surface area (Å²) in [5, 5.41) is 75.4. The fourth-order valence-electron chi connectivity index (χ4n) is 10.1. The van der Waals surface area contributed by atoms with Gasteiger partial charge in [0.15, 0.2) is 6.29 Å². The highest BCUT2D eigenvalue weighted by Crippen LogP contribution is 2.24. The molecular weight excluding hydrogens is 895 g/mol. The van der Waals surface area contributed by atoms with E-state index in [0.717, 1.165) is 38.5 Å². The van der Waals surface area contributed by atoms with Crippen LogP contribution in [0.15, 0.2) is 12.2 Å². The number of aliphatic hydroxyl groups excluding tert-OH is 7. The number of nitrogens with one attached hydrogen (secondary N) is 1. The van der Waals surface area contributed by atoms with E-state index in [1.165, 1.54) is 218 Å². The van der Waals surface area contributed by atoms with Crippen molar-refractivity contribution >= 4 is 5.91 Å². The van der Waals surface area contributed by atoms with Crippen molar-refractivity contribution in [3.05, 3.63) is 12.2 Å². The number of allylic oxidation sites excluding steroid dienone is 2. The van der Waals surface area contributed by atoms with Crippen LogP contribution in [0.25, 0.3) is 0 Å². The molecule has 0 aromatic rings. The van der Waals surface area contributed by atoms with Gasteiger partial charge in [-0.15, -0.1) is 0 Å². The molecule has 1 aliphatic rings. The van der Waals surface area contributed by atoms with E-state index in [1.54, 1.807) is 0 Å². The van der Waals surface area contributed by atoms with Gasteiger partial charge in [-0.05, 0) is 32.1 Å². The Morgan fingerprint density at radius 1 is 0.479 bits per heavy atom. The lowest BCUT2D eigenvalue weighted by atomic mass is 9.98. The predicted molar refractivity (Wildman–Crippen MR) is 293 cm³/mol. The van der Waals surface area contributed by atoms with Crippen LogP contribution in [0.5, 0.6) is 0 Å². The van der Waals surface area contributed by atoms with E-state index in [2.05, 4.69) is 25.2 Å². The van der Waals surface area contributed by atoms with Crippen LogP contribution >= 0.6 is 0 Å². The molecule has 0 saturated carbocycles. The first-order valence-corrected chi connectivity index (χ1v) is 30.6. The number of amides is 1. The van der Waals surface area contributed by atoms with Crippen LogP contribution in [0.2, 0.25) is 0 Å². The lowest BCUT2D eigenvalue weighted by molar-refractivity contribution is -0.303. The highest BCUT2D eigenvalue weighted by Gasteiger charge is 2.44. The van der Waals surface area contributed by atoms with E-state index < -0.39 is 74.2 Å². The number of hydrogen-bond donors (Lipinski definition) is 8. The summed E-state index contributed by atoms with van der Waals surface area (Å²) < 4.78 is 11.0. The normalized spacial score (nSPS) is 20.2. The molecule has 422 valence electrons. The highest BCUT2D eigenvalue weighted by molar-refractivity contribution is 5.80. The van der Waals surface area contributed by atoms with Gasteiger partial charge in [0.2, 0.25) is 5.91 Å². The van der Waals surface area contributed by atoms with E-state index in [0.29, 0.717) is 12.8 Å². The smallest absolute Gasteiger partial charge is 0.249 e. The fourth-order valence-corrected chi connectivity index (χ4v) is 10.1. The summed E-state index contributed by atoms with van der Waals surface area (Å²) in [5.41, 5.74) is 0. The van der Waals surface area contributed by atoms with Crippen molar-refractivity contribution in [2.45, 2.75) is 351 Å². The van der Waals surface area contributed by atoms with Crippen molar-refractivity contribution in [1.29, 1.82) is 0 Å². The lowest BCUT2D eigenvalue weighted by Crippen LogP contribution is -2.60. The van der Waals surface area contributed by atoms with Crippen LogP contribution in [-0.4, -0.2) is 110 Å². The molecule has 1 fully saturated rings. The molecule has 0 radical (unpaired) electrons. The van der Waals surface area contributed by atoms with E-state index >= 15 is 0 Å². The first-order chi connectivity index (χ1) is 34.7. The number of aliphatic hydroxyl groups is 7. The van der Waals surface area contributed by atoms with Crippen molar-refractivity contribution in [1.82, 2.24) is 5.32 Å². The third kappa shape index (κ3) is 38.1. The minimum Gasteiger partial charge on any atom is -0.394 e. The van der Waals surface area contributed by atoms with E-state index in [4.69, 9.17) is 9.47 Å². The standard InChI is InChI=1S/C60H117NO10/c1-3-5-7-9-11-12-13-14-15-16-17-18-19-20-21-22-23-24-25-26-27-28-29-30-31-32-33-34-35-36-37-38-39-40-41-42-44-46-48-53(64)59(69)61-51(55(65)52(63)47-45-43-10-8-6-4-2)50-70-60-58(68)57(67)56(66)54(49-62)71-60/h8,10,51-58,60,62-68H,3-7,9,11-50H2,1-2H3,(H,61,69)/b10-8+.